The van der Waals surface area contributed by atoms with Gasteiger partial charge in [-0.05, 0) is 12.8 Å². The summed E-state index contributed by atoms with van der Waals surface area (Å²) in [6, 6.07) is 2.48. The molecule has 1 atom stereocenters. The summed E-state index contributed by atoms with van der Waals surface area (Å²) in [5.41, 5.74) is 0. The topological polar surface area (TPSA) is 53.3 Å². The average molecular weight is 194 g/mol. The lowest BCUT2D eigenvalue weighted by atomic mass is 10.1. The third-order valence-electron chi connectivity index (χ3n) is 3.01. The van der Waals surface area contributed by atoms with Crippen molar-refractivity contribution in [3.05, 3.63) is 0 Å². The minimum Gasteiger partial charge on any atom is -0.448 e. The summed E-state index contributed by atoms with van der Waals surface area (Å²) in [7, 11) is 0. The number of nitriles is 1. The third kappa shape index (κ3) is 1.67. The molecule has 0 N–H and O–H groups in total. The Hall–Kier alpha value is -1.24. The van der Waals surface area contributed by atoms with E-state index in [0.717, 1.165) is 12.8 Å². The van der Waals surface area contributed by atoms with Gasteiger partial charge in [0.15, 0.2) is 0 Å². The fourth-order valence-corrected chi connectivity index (χ4v) is 2.21. The Morgan fingerprint density at radius 1 is 1.43 bits per heavy atom. The van der Waals surface area contributed by atoms with E-state index in [-0.39, 0.29) is 18.6 Å². The van der Waals surface area contributed by atoms with Crippen molar-refractivity contribution in [1.29, 1.82) is 5.26 Å². The number of hydrogen-bond donors (Lipinski definition) is 0. The standard InChI is InChI=1S/C10H14N2O2/c11-5-8-6-12(10(13)14-7-8)9-3-1-2-4-9/h8-9H,1-4,6-7H2. The Kier molecular flexibility index (Phi) is 2.58. The van der Waals surface area contributed by atoms with Crippen molar-refractivity contribution < 1.29 is 9.53 Å². The molecule has 0 bridgehead atoms. The molecule has 0 aromatic heterocycles. The average Bonchev–Trinajstić information content (AvgIpc) is 2.71. The van der Waals surface area contributed by atoms with Gasteiger partial charge in [0.05, 0.1) is 12.0 Å². The second kappa shape index (κ2) is 3.87. The summed E-state index contributed by atoms with van der Waals surface area (Å²) in [5.74, 6) is -0.145. The van der Waals surface area contributed by atoms with Gasteiger partial charge >= 0.3 is 6.09 Å². The van der Waals surface area contributed by atoms with E-state index < -0.39 is 0 Å². The minimum absolute atomic E-state index is 0.145. The lowest BCUT2D eigenvalue weighted by Gasteiger charge is -2.33. The quantitative estimate of drug-likeness (QED) is 0.636. The molecule has 4 nitrogen and oxygen atoms in total. The second-order valence-electron chi connectivity index (χ2n) is 3.99. The molecule has 1 saturated carbocycles. The Bertz CT molecular complexity index is 266. The largest absolute Gasteiger partial charge is 0.448 e. The van der Waals surface area contributed by atoms with Gasteiger partial charge in [0, 0.05) is 12.6 Å². The van der Waals surface area contributed by atoms with Gasteiger partial charge in [0.1, 0.15) is 6.61 Å². The van der Waals surface area contributed by atoms with E-state index in [1.165, 1.54) is 12.8 Å². The van der Waals surface area contributed by atoms with Gasteiger partial charge < -0.3 is 9.64 Å². The SMILES string of the molecule is N#CC1COC(=O)N(C2CCCC2)C1. The molecule has 0 radical (unpaired) electrons. The Morgan fingerprint density at radius 3 is 2.79 bits per heavy atom. The first-order valence-electron chi connectivity index (χ1n) is 5.14. The number of ether oxygens (including phenoxy) is 1. The summed E-state index contributed by atoms with van der Waals surface area (Å²) >= 11 is 0. The van der Waals surface area contributed by atoms with Crippen LogP contribution < -0.4 is 0 Å². The molecule has 1 aliphatic heterocycles. The van der Waals surface area contributed by atoms with Gasteiger partial charge in [0.2, 0.25) is 0 Å². The predicted octanol–water partition coefficient (Wildman–Crippen LogP) is 1.52. The van der Waals surface area contributed by atoms with Crippen molar-refractivity contribution in [2.75, 3.05) is 13.2 Å². The zero-order valence-electron chi connectivity index (χ0n) is 8.11. The van der Waals surface area contributed by atoms with Gasteiger partial charge in [-0.2, -0.15) is 5.26 Å². The maximum absolute atomic E-state index is 11.4. The van der Waals surface area contributed by atoms with Crippen LogP contribution in [0.3, 0.4) is 0 Å². The summed E-state index contributed by atoms with van der Waals surface area (Å²) < 4.78 is 4.97. The van der Waals surface area contributed by atoms with Crippen LogP contribution >= 0.6 is 0 Å². The zero-order chi connectivity index (χ0) is 9.97. The summed E-state index contributed by atoms with van der Waals surface area (Å²) in [6.07, 6.45) is 4.26. The summed E-state index contributed by atoms with van der Waals surface area (Å²) in [6.45, 7) is 0.818. The fraction of sp³-hybridized carbons (Fsp3) is 0.800. The summed E-state index contributed by atoms with van der Waals surface area (Å²) in [5, 5.41) is 8.77. The molecule has 14 heavy (non-hydrogen) atoms. The highest BCUT2D eigenvalue weighted by Gasteiger charge is 2.33. The van der Waals surface area contributed by atoms with E-state index in [1.54, 1.807) is 4.90 Å². The van der Waals surface area contributed by atoms with Crippen LogP contribution in [-0.2, 0) is 4.74 Å². The van der Waals surface area contributed by atoms with E-state index in [2.05, 4.69) is 6.07 Å². The van der Waals surface area contributed by atoms with E-state index in [1.807, 2.05) is 0 Å². The predicted molar refractivity (Wildman–Crippen MR) is 49.4 cm³/mol. The molecule has 76 valence electrons. The summed E-state index contributed by atoms with van der Waals surface area (Å²) in [4.78, 5) is 13.2. The second-order valence-corrected chi connectivity index (χ2v) is 3.99. The first kappa shape index (κ1) is 9.32. The van der Waals surface area contributed by atoms with Gasteiger partial charge in [-0.25, -0.2) is 4.79 Å². The Morgan fingerprint density at radius 2 is 2.14 bits per heavy atom. The van der Waals surface area contributed by atoms with Crippen LogP contribution in [-0.4, -0.2) is 30.2 Å². The van der Waals surface area contributed by atoms with E-state index in [4.69, 9.17) is 10.00 Å². The van der Waals surface area contributed by atoms with Crippen LogP contribution in [0.15, 0.2) is 0 Å². The smallest absolute Gasteiger partial charge is 0.410 e. The number of amides is 1. The monoisotopic (exact) mass is 194 g/mol. The van der Waals surface area contributed by atoms with Crippen molar-refractivity contribution in [1.82, 2.24) is 4.90 Å². The minimum atomic E-state index is -0.233. The molecule has 1 aliphatic carbocycles. The highest BCUT2D eigenvalue weighted by Crippen LogP contribution is 2.26. The molecule has 2 aliphatic rings. The highest BCUT2D eigenvalue weighted by atomic mass is 16.6. The molecule has 1 amide bonds. The molecule has 0 aromatic rings. The van der Waals surface area contributed by atoms with Crippen molar-refractivity contribution in [2.45, 2.75) is 31.7 Å². The van der Waals surface area contributed by atoms with Crippen molar-refractivity contribution in [2.24, 2.45) is 5.92 Å². The van der Waals surface area contributed by atoms with E-state index >= 15 is 0 Å². The molecule has 0 aromatic carbocycles. The number of nitrogens with zero attached hydrogens (tertiary/aromatic N) is 2. The fourth-order valence-electron chi connectivity index (χ4n) is 2.21. The molecule has 2 fully saturated rings. The lowest BCUT2D eigenvalue weighted by molar-refractivity contribution is 0.0401. The Labute approximate surface area is 83.4 Å². The van der Waals surface area contributed by atoms with E-state index in [9.17, 15) is 4.79 Å². The molecule has 0 spiro atoms. The van der Waals surface area contributed by atoms with Crippen LogP contribution in [0, 0.1) is 17.2 Å². The van der Waals surface area contributed by atoms with Gasteiger partial charge in [-0.3, -0.25) is 0 Å². The normalized spacial score (nSPS) is 28.6. The zero-order valence-corrected chi connectivity index (χ0v) is 8.11. The first-order valence-corrected chi connectivity index (χ1v) is 5.14. The van der Waals surface area contributed by atoms with Crippen LogP contribution in [0.25, 0.3) is 0 Å². The molecular weight excluding hydrogens is 180 g/mol. The molecule has 1 unspecified atom stereocenters. The number of carbonyl (C=O) groups is 1. The van der Waals surface area contributed by atoms with E-state index in [0.29, 0.717) is 12.6 Å². The number of carbonyl (C=O) groups excluding carboxylic acids is 1. The Balaban J connectivity index is 2.01. The lowest BCUT2D eigenvalue weighted by Crippen LogP contribution is -2.47. The van der Waals surface area contributed by atoms with Gasteiger partial charge in [-0.15, -0.1) is 0 Å². The molecule has 2 rings (SSSR count). The van der Waals surface area contributed by atoms with Crippen LogP contribution in [0.1, 0.15) is 25.7 Å². The first-order chi connectivity index (χ1) is 6.81. The molecule has 1 heterocycles. The molecule has 1 saturated heterocycles. The van der Waals surface area contributed by atoms with Crippen molar-refractivity contribution in [3.8, 4) is 6.07 Å². The van der Waals surface area contributed by atoms with Crippen molar-refractivity contribution >= 4 is 6.09 Å². The number of cyclic esters (lactones) is 1. The third-order valence-corrected chi connectivity index (χ3v) is 3.01. The van der Waals surface area contributed by atoms with Crippen LogP contribution in [0.2, 0.25) is 0 Å². The van der Waals surface area contributed by atoms with Crippen LogP contribution in [0.4, 0.5) is 4.79 Å². The molecule has 4 heteroatoms. The van der Waals surface area contributed by atoms with Gasteiger partial charge in [-0.1, -0.05) is 12.8 Å². The molecular formula is C10H14N2O2. The van der Waals surface area contributed by atoms with Gasteiger partial charge in [0.25, 0.3) is 0 Å². The number of hydrogen-bond acceptors (Lipinski definition) is 3. The van der Waals surface area contributed by atoms with Crippen LogP contribution in [0.5, 0.6) is 0 Å². The maximum atomic E-state index is 11.4. The van der Waals surface area contributed by atoms with Crippen molar-refractivity contribution in [3.63, 3.8) is 0 Å². The number of rotatable bonds is 1. The maximum Gasteiger partial charge on any atom is 0.410 e. The highest BCUT2D eigenvalue weighted by molar-refractivity contribution is 5.69.